The summed E-state index contributed by atoms with van der Waals surface area (Å²) in [6.07, 6.45) is 0. The quantitative estimate of drug-likeness (QED) is 0.856. The van der Waals surface area contributed by atoms with Gasteiger partial charge in [0.1, 0.15) is 0 Å². The number of hydrogen-bond donors (Lipinski definition) is 0. The summed E-state index contributed by atoms with van der Waals surface area (Å²) in [5.41, 5.74) is 0. The molecule has 1 aliphatic rings. The predicted octanol–water partition coefficient (Wildman–Crippen LogP) is 2.51. The van der Waals surface area contributed by atoms with Crippen LogP contribution in [0.3, 0.4) is 0 Å². The number of fused-ring (bicyclic) bond motifs is 1. The zero-order chi connectivity index (χ0) is 14.2. The topological polar surface area (TPSA) is 46.6 Å². The van der Waals surface area contributed by atoms with Gasteiger partial charge in [-0.3, -0.25) is 0 Å². The summed E-state index contributed by atoms with van der Waals surface area (Å²) in [5, 5.41) is 1.87. The minimum atomic E-state index is -3.54. The summed E-state index contributed by atoms with van der Waals surface area (Å²) >= 11 is 6.20. The molecule has 0 saturated carbocycles. The Balaban J connectivity index is 2.18. The number of ether oxygens (including phenoxy) is 1. The largest absolute Gasteiger partial charge is 0.379 e. The Kier molecular flexibility index (Phi) is 3.69. The van der Waals surface area contributed by atoms with E-state index in [0.717, 1.165) is 5.39 Å². The van der Waals surface area contributed by atoms with Gasteiger partial charge in [-0.2, -0.15) is 4.31 Å². The molecule has 4 nitrogen and oxygen atoms in total. The van der Waals surface area contributed by atoms with Gasteiger partial charge in [0.15, 0.2) is 0 Å². The van der Waals surface area contributed by atoms with Crippen molar-refractivity contribution in [1.29, 1.82) is 0 Å². The summed E-state index contributed by atoms with van der Waals surface area (Å²) in [6.45, 7) is 1.61. The number of halogens is 1. The van der Waals surface area contributed by atoms with Gasteiger partial charge in [0, 0.05) is 23.5 Å². The van der Waals surface area contributed by atoms with Crippen LogP contribution in [0, 0.1) is 0 Å². The maximum absolute atomic E-state index is 12.8. The van der Waals surface area contributed by atoms with E-state index in [4.69, 9.17) is 16.3 Å². The first-order valence-corrected chi connectivity index (χ1v) is 8.17. The molecule has 6 heteroatoms. The molecule has 0 radical (unpaired) electrons. The summed E-state index contributed by atoms with van der Waals surface area (Å²) in [7, 11) is -3.54. The van der Waals surface area contributed by atoms with Crippen molar-refractivity contribution in [1.82, 2.24) is 4.31 Å². The van der Waals surface area contributed by atoms with Gasteiger partial charge in [-0.15, -0.1) is 0 Å². The van der Waals surface area contributed by atoms with Crippen molar-refractivity contribution in [2.24, 2.45) is 0 Å². The van der Waals surface area contributed by atoms with Gasteiger partial charge in [0.05, 0.1) is 18.1 Å². The van der Waals surface area contributed by atoms with E-state index < -0.39 is 10.0 Å². The van der Waals surface area contributed by atoms with Crippen LogP contribution < -0.4 is 0 Å². The fraction of sp³-hybridized carbons (Fsp3) is 0.286. The molecule has 1 aliphatic heterocycles. The molecule has 0 aliphatic carbocycles. The first kappa shape index (κ1) is 13.8. The number of nitrogens with zero attached hydrogens (tertiary/aromatic N) is 1. The lowest BCUT2D eigenvalue weighted by Gasteiger charge is -2.26. The van der Waals surface area contributed by atoms with Crippen LogP contribution in [0.5, 0.6) is 0 Å². The van der Waals surface area contributed by atoms with E-state index in [0.29, 0.717) is 36.7 Å². The molecular weight excluding hydrogens is 298 g/mol. The fourth-order valence-electron chi connectivity index (χ4n) is 2.40. The maximum Gasteiger partial charge on any atom is 0.243 e. The van der Waals surface area contributed by atoms with Gasteiger partial charge >= 0.3 is 0 Å². The molecule has 2 aromatic rings. The van der Waals surface area contributed by atoms with Crippen molar-refractivity contribution in [3.8, 4) is 0 Å². The highest BCUT2D eigenvalue weighted by molar-refractivity contribution is 7.89. The van der Waals surface area contributed by atoms with Gasteiger partial charge in [0.25, 0.3) is 0 Å². The van der Waals surface area contributed by atoms with Crippen molar-refractivity contribution in [2.45, 2.75) is 4.90 Å². The molecule has 0 spiro atoms. The Bertz CT molecular complexity index is 734. The molecule has 0 bridgehead atoms. The molecule has 0 N–H and O–H groups in total. The average Bonchev–Trinajstić information content (AvgIpc) is 2.48. The van der Waals surface area contributed by atoms with Crippen molar-refractivity contribution in [3.05, 3.63) is 41.4 Å². The Morgan fingerprint density at radius 2 is 1.70 bits per heavy atom. The lowest BCUT2D eigenvalue weighted by Crippen LogP contribution is -2.40. The monoisotopic (exact) mass is 311 g/mol. The highest BCUT2D eigenvalue weighted by Crippen LogP contribution is 2.31. The lowest BCUT2D eigenvalue weighted by atomic mass is 10.1. The van der Waals surface area contributed by atoms with Crippen LogP contribution in [-0.2, 0) is 14.8 Å². The van der Waals surface area contributed by atoms with Crippen LogP contribution in [0.25, 0.3) is 10.8 Å². The third-order valence-corrected chi connectivity index (χ3v) is 5.66. The second-order valence-corrected chi connectivity index (χ2v) is 6.92. The first-order chi connectivity index (χ1) is 9.60. The minimum absolute atomic E-state index is 0.266. The number of rotatable bonds is 2. The fourth-order valence-corrected chi connectivity index (χ4v) is 4.39. The van der Waals surface area contributed by atoms with E-state index >= 15 is 0 Å². The molecule has 2 aromatic carbocycles. The van der Waals surface area contributed by atoms with Crippen LogP contribution in [0.15, 0.2) is 41.3 Å². The van der Waals surface area contributed by atoms with E-state index in [1.807, 2.05) is 18.2 Å². The lowest BCUT2D eigenvalue weighted by molar-refractivity contribution is 0.0730. The molecular formula is C14H14ClNO3S. The van der Waals surface area contributed by atoms with Gasteiger partial charge < -0.3 is 4.74 Å². The van der Waals surface area contributed by atoms with Gasteiger partial charge in [0.2, 0.25) is 10.0 Å². The van der Waals surface area contributed by atoms with Crippen LogP contribution in [0.2, 0.25) is 5.02 Å². The molecule has 0 atom stereocenters. The smallest absolute Gasteiger partial charge is 0.243 e. The highest BCUT2D eigenvalue weighted by Gasteiger charge is 2.28. The molecule has 3 rings (SSSR count). The SMILES string of the molecule is O=S(=O)(c1cccc2cccc(Cl)c12)N1CCOCC1. The van der Waals surface area contributed by atoms with Crippen molar-refractivity contribution >= 4 is 32.4 Å². The zero-order valence-corrected chi connectivity index (χ0v) is 12.3. The van der Waals surface area contributed by atoms with Crippen LogP contribution in [-0.4, -0.2) is 39.0 Å². The Hall–Kier alpha value is -1.14. The molecule has 106 valence electrons. The van der Waals surface area contributed by atoms with E-state index in [1.165, 1.54) is 4.31 Å². The van der Waals surface area contributed by atoms with E-state index in [1.54, 1.807) is 18.2 Å². The van der Waals surface area contributed by atoms with Crippen LogP contribution >= 0.6 is 11.6 Å². The minimum Gasteiger partial charge on any atom is -0.379 e. The summed E-state index contributed by atoms with van der Waals surface area (Å²) in [5.74, 6) is 0. The molecule has 1 heterocycles. The Labute approximate surface area is 123 Å². The molecule has 0 amide bonds. The normalized spacial score (nSPS) is 17.4. The Morgan fingerprint density at radius 3 is 2.40 bits per heavy atom. The van der Waals surface area contributed by atoms with Crippen molar-refractivity contribution < 1.29 is 13.2 Å². The highest BCUT2D eigenvalue weighted by atomic mass is 35.5. The number of morpholine rings is 1. The number of benzene rings is 2. The van der Waals surface area contributed by atoms with Gasteiger partial charge in [-0.05, 0) is 17.5 Å². The Morgan fingerprint density at radius 1 is 1.05 bits per heavy atom. The second kappa shape index (κ2) is 5.33. The molecule has 20 heavy (non-hydrogen) atoms. The number of sulfonamides is 1. The summed E-state index contributed by atoms with van der Waals surface area (Å²) < 4.78 is 32.2. The van der Waals surface area contributed by atoms with Gasteiger partial charge in [-0.1, -0.05) is 35.9 Å². The second-order valence-electron chi connectivity index (χ2n) is 4.61. The third kappa shape index (κ3) is 2.31. The van der Waals surface area contributed by atoms with E-state index in [2.05, 4.69) is 0 Å². The zero-order valence-electron chi connectivity index (χ0n) is 10.8. The third-order valence-electron chi connectivity index (χ3n) is 3.40. The van der Waals surface area contributed by atoms with E-state index in [-0.39, 0.29) is 4.90 Å². The van der Waals surface area contributed by atoms with Crippen LogP contribution in [0.1, 0.15) is 0 Å². The standard InChI is InChI=1S/C14H14ClNO3S/c15-12-5-1-3-11-4-2-6-13(14(11)12)20(17,18)16-7-9-19-10-8-16/h1-6H,7-10H2. The summed E-state index contributed by atoms with van der Waals surface area (Å²) in [6, 6.07) is 10.6. The van der Waals surface area contributed by atoms with Crippen molar-refractivity contribution in [3.63, 3.8) is 0 Å². The molecule has 1 fully saturated rings. The molecule has 1 saturated heterocycles. The number of hydrogen-bond acceptors (Lipinski definition) is 3. The van der Waals surface area contributed by atoms with E-state index in [9.17, 15) is 8.42 Å². The van der Waals surface area contributed by atoms with Crippen LogP contribution in [0.4, 0.5) is 0 Å². The first-order valence-electron chi connectivity index (χ1n) is 6.36. The molecule has 0 aromatic heterocycles. The predicted molar refractivity (Wildman–Crippen MR) is 78.5 cm³/mol. The molecule has 0 unspecified atom stereocenters. The average molecular weight is 312 g/mol. The maximum atomic E-state index is 12.8. The van der Waals surface area contributed by atoms with Crippen molar-refractivity contribution in [2.75, 3.05) is 26.3 Å². The summed E-state index contributed by atoms with van der Waals surface area (Å²) in [4.78, 5) is 0.266. The van der Waals surface area contributed by atoms with Gasteiger partial charge in [-0.25, -0.2) is 8.42 Å².